The lowest BCUT2D eigenvalue weighted by Crippen LogP contribution is -2.41. The van der Waals surface area contributed by atoms with Crippen LogP contribution in [0.4, 0.5) is 0 Å². The molecular weight excluding hydrogens is 338 g/mol. The van der Waals surface area contributed by atoms with E-state index in [4.69, 9.17) is 5.11 Å². The molecule has 124 valence electrons. The summed E-state index contributed by atoms with van der Waals surface area (Å²) in [7, 11) is 0. The first-order valence-corrected chi connectivity index (χ1v) is 8.55. The summed E-state index contributed by atoms with van der Waals surface area (Å²) in [6, 6.07) is 12.5. The van der Waals surface area contributed by atoms with Crippen molar-refractivity contribution < 1.29 is 19.5 Å². The zero-order valence-corrected chi connectivity index (χ0v) is 13.9. The molecule has 0 radical (unpaired) electrons. The lowest BCUT2D eigenvalue weighted by atomic mass is 9.91. The first-order valence-electron chi connectivity index (χ1n) is 7.74. The van der Waals surface area contributed by atoms with Gasteiger partial charge in [-0.25, -0.2) is 0 Å². The highest BCUT2D eigenvalue weighted by atomic mass is 32.1. The van der Waals surface area contributed by atoms with Crippen molar-refractivity contribution in [1.82, 2.24) is 4.90 Å². The molecular formula is C19H13NO4S. The molecule has 1 aliphatic rings. The van der Waals surface area contributed by atoms with Crippen molar-refractivity contribution in [3.8, 4) is 10.4 Å². The van der Waals surface area contributed by atoms with Gasteiger partial charge in [0.15, 0.2) is 6.29 Å². The number of aliphatic hydroxyl groups excluding tert-OH is 1. The molecule has 0 spiro atoms. The second kappa shape index (κ2) is 5.91. The Morgan fingerprint density at radius 2 is 1.68 bits per heavy atom. The standard InChI is InChI=1S/C19H13NO4S/c21-9-8-20-18(23)14-3-1-2-13-12(16-7-4-11(10-22)25-16)5-6-15(17(13)14)19(20)24/h1-7,10,21H,8-9H2. The molecule has 0 bridgehead atoms. The number of benzene rings is 2. The van der Waals surface area contributed by atoms with Crippen molar-refractivity contribution >= 4 is 40.2 Å². The van der Waals surface area contributed by atoms with Crippen LogP contribution >= 0.6 is 11.3 Å². The van der Waals surface area contributed by atoms with Crippen molar-refractivity contribution in [3.63, 3.8) is 0 Å². The summed E-state index contributed by atoms with van der Waals surface area (Å²) < 4.78 is 0. The van der Waals surface area contributed by atoms with E-state index in [9.17, 15) is 14.4 Å². The molecule has 25 heavy (non-hydrogen) atoms. The summed E-state index contributed by atoms with van der Waals surface area (Å²) in [5.74, 6) is -0.789. The Bertz CT molecular complexity index is 1010. The van der Waals surface area contributed by atoms with E-state index in [0.29, 0.717) is 21.4 Å². The van der Waals surface area contributed by atoms with Crippen LogP contribution in [0.3, 0.4) is 0 Å². The molecule has 1 aliphatic heterocycles. The van der Waals surface area contributed by atoms with E-state index in [1.165, 1.54) is 11.3 Å². The third-order valence-electron chi connectivity index (χ3n) is 4.32. The van der Waals surface area contributed by atoms with E-state index in [-0.39, 0.29) is 13.2 Å². The van der Waals surface area contributed by atoms with Crippen LogP contribution in [0, 0.1) is 0 Å². The van der Waals surface area contributed by atoms with E-state index >= 15 is 0 Å². The van der Waals surface area contributed by atoms with Gasteiger partial charge in [-0.15, -0.1) is 11.3 Å². The second-order valence-electron chi connectivity index (χ2n) is 5.69. The number of β-amino-alcohol motifs (C(OH)–C–C–N with tert-alkyl or cyclic N) is 1. The Morgan fingerprint density at radius 3 is 2.36 bits per heavy atom. The summed E-state index contributed by atoms with van der Waals surface area (Å²) in [4.78, 5) is 38.9. The van der Waals surface area contributed by atoms with Gasteiger partial charge in [-0.3, -0.25) is 19.3 Å². The number of nitrogens with zero attached hydrogens (tertiary/aromatic N) is 1. The maximum absolute atomic E-state index is 12.7. The first kappa shape index (κ1) is 15.7. The van der Waals surface area contributed by atoms with E-state index in [0.717, 1.165) is 27.0 Å². The van der Waals surface area contributed by atoms with Gasteiger partial charge in [0.2, 0.25) is 0 Å². The molecule has 2 amide bonds. The molecule has 2 aromatic carbocycles. The van der Waals surface area contributed by atoms with Gasteiger partial charge in [-0.1, -0.05) is 18.2 Å². The van der Waals surface area contributed by atoms with Gasteiger partial charge in [0.25, 0.3) is 11.8 Å². The first-order chi connectivity index (χ1) is 12.2. The van der Waals surface area contributed by atoms with E-state index in [2.05, 4.69) is 0 Å². The predicted molar refractivity (Wildman–Crippen MR) is 95.1 cm³/mol. The predicted octanol–water partition coefficient (Wildman–Crippen LogP) is 2.97. The largest absolute Gasteiger partial charge is 0.395 e. The van der Waals surface area contributed by atoms with Crippen molar-refractivity contribution in [3.05, 3.63) is 58.5 Å². The van der Waals surface area contributed by atoms with Gasteiger partial charge in [0, 0.05) is 21.4 Å². The van der Waals surface area contributed by atoms with Crippen LogP contribution in [0.25, 0.3) is 21.2 Å². The molecule has 0 fully saturated rings. The lowest BCUT2D eigenvalue weighted by molar-refractivity contribution is 0.0580. The fraction of sp³-hybridized carbons (Fsp3) is 0.105. The highest BCUT2D eigenvalue weighted by molar-refractivity contribution is 7.17. The Hall–Kier alpha value is -2.83. The van der Waals surface area contributed by atoms with Crippen LogP contribution < -0.4 is 0 Å². The van der Waals surface area contributed by atoms with Gasteiger partial charge >= 0.3 is 0 Å². The number of hydrogen-bond donors (Lipinski definition) is 1. The maximum Gasteiger partial charge on any atom is 0.261 e. The van der Waals surface area contributed by atoms with E-state index in [1.54, 1.807) is 24.3 Å². The van der Waals surface area contributed by atoms with Gasteiger partial charge in [-0.05, 0) is 35.2 Å². The van der Waals surface area contributed by atoms with Crippen molar-refractivity contribution in [2.75, 3.05) is 13.2 Å². The van der Waals surface area contributed by atoms with Gasteiger partial charge in [0.1, 0.15) is 0 Å². The molecule has 2 heterocycles. The number of rotatable bonds is 4. The molecule has 6 heteroatoms. The van der Waals surface area contributed by atoms with Crippen molar-refractivity contribution in [2.24, 2.45) is 0 Å². The fourth-order valence-corrected chi connectivity index (χ4v) is 4.09. The topological polar surface area (TPSA) is 74.7 Å². The fourth-order valence-electron chi connectivity index (χ4n) is 3.23. The molecule has 1 aromatic heterocycles. The van der Waals surface area contributed by atoms with Gasteiger partial charge in [-0.2, -0.15) is 0 Å². The molecule has 4 rings (SSSR count). The highest BCUT2D eigenvalue weighted by Gasteiger charge is 2.32. The Balaban J connectivity index is 1.98. The minimum absolute atomic E-state index is 0.0249. The third-order valence-corrected chi connectivity index (χ3v) is 5.37. The molecule has 0 saturated carbocycles. The average molecular weight is 351 g/mol. The van der Waals surface area contributed by atoms with E-state index < -0.39 is 11.8 Å². The molecule has 0 aliphatic carbocycles. The third kappa shape index (κ3) is 2.30. The monoisotopic (exact) mass is 351 g/mol. The smallest absolute Gasteiger partial charge is 0.261 e. The normalized spacial score (nSPS) is 13.6. The molecule has 5 nitrogen and oxygen atoms in total. The Labute approximate surface area is 147 Å². The number of hydrogen-bond acceptors (Lipinski definition) is 5. The zero-order chi connectivity index (χ0) is 17.6. The molecule has 0 saturated heterocycles. The van der Waals surface area contributed by atoms with Crippen molar-refractivity contribution in [2.45, 2.75) is 0 Å². The quantitative estimate of drug-likeness (QED) is 0.579. The van der Waals surface area contributed by atoms with Gasteiger partial charge in [0.05, 0.1) is 18.0 Å². The molecule has 0 atom stereocenters. The SMILES string of the molecule is O=Cc1ccc(-c2ccc3c4c(cccc24)C(=O)N(CCO)C3=O)s1. The minimum Gasteiger partial charge on any atom is -0.395 e. The minimum atomic E-state index is -0.394. The van der Waals surface area contributed by atoms with Crippen LogP contribution in [-0.4, -0.2) is 41.3 Å². The van der Waals surface area contributed by atoms with Crippen LogP contribution in [0.1, 0.15) is 30.4 Å². The van der Waals surface area contributed by atoms with Crippen molar-refractivity contribution in [1.29, 1.82) is 0 Å². The molecule has 1 N–H and O–H groups in total. The molecule has 0 unspecified atom stereocenters. The number of thiophene rings is 1. The number of amides is 2. The number of aliphatic hydroxyl groups is 1. The number of carbonyl (C=O) groups is 3. The summed E-state index contributed by atoms with van der Waals surface area (Å²) in [5.41, 5.74) is 1.79. The van der Waals surface area contributed by atoms with Crippen LogP contribution in [-0.2, 0) is 0 Å². The summed E-state index contributed by atoms with van der Waals surface area (Å²) in [5, 5.41) is 10.6. The molecule has 3 aromatic rings. The number of imide groups is 1. The zero-order valence-electron chi connectivity index (χ0n) is 13.1. The average Bonchev–Trinajstić information content (AvgIpc) is 3.11. The number of carbonyl (C=O) groups excluding carboxylic acids is 3. The van der Waals surface area contributed by atoms with Crippen LogP contribution in [0.15, 0.2) is 42.5 Å². The van der Waals surface area contributed by atoms with Crippen LogP contribution in [0.5, 0.6) is 0 Å². The maximum atomic E-state index is 12.7. The highest BCUT2D eigenvalue weighted by Crippen LogP contribution is 2.38. The second-order valence-corrected chi connectivity index (χ2v) is 6.81. The lowest BCUT2D eigenvalue weighted by Gasteiger charge is -2.27. The Kier molecular flexibility index (Phi) is 3.71. The van der Waals surface area contributed by atoms with Gasteiger partial charge < -0.3 is 5.11 Å². The van der Waals surface area contributed by atoms with Crippen LogP contribution in [0.2, 0.25) is 0 Å². The summed E-state index contributed by atoms with van der Waals surface area (Å²) in [6.07, 6.45) is 0.805. The van der Waals surface area contributed by atoms with E-state index in [1.807, 2.05) is 18.2 Å². The summed E-state index contributed by atoms with van der Waals surface area (Å²) in [6.45, 7) is -0.298. The number of aldehydes is 1. The summed E-state index contributed by atoms with van der Waals surface area (Å²) >= 11 is 1.37. The Morgan fingerprint density at radius 1 is 0.960 bits per heavy atom.